The molecule has 17 heavy (non-hydrogen) atoms. The highest BCUT2D eigenvalue weighted by Gasteiger charge is 1.97. The molecule has 0 aliphatic rings. The maximum absolute atomic E-state index is 5.71. The standard InChI is InChI=1S/C13H18N4/c1-11-10-12(14)4-5-13(11)15-6-2-8-17-9-3-7-16-17/h3-5,7,9-10,15H,2,6,8,14H2,1H3. The monoisotopic (exact) mass is 230 g/mol. The van der Waals surface area contributed by atoms with Gasteiger partial charge < -0.3 is 11.1 Å². The van der Waals surface area contributed by atoms with Crippen molar-refractivity contribution in [2.24, 2.45) is 0 Å². The molecule has 2 aromatic rings. The second-order valence-corrected chi connectivity index (χ2v) is 4.12. The molecular formula is C13H18N4. The van der Waals surface area contributed by atoms with E-state index in [1.54, 1.807) is 6.20 Å². The van der Waals surface area contributed by atoms with Gasteiger partial charge in [-0.1, -0.05) is 0 Å². The molecule has 0 spiro atoms. The highest BCUT2D eigenvalue weighted by Crippen LogP contribution is 2.17. The maximum atomic E-state index is 5.71. The van der Waals surface area contributed by atoms with E-state index in [0.717, 1.165) is 30.9 Å². The number of benzene rings is 1. The minimum absolute atomic E-state index is 0.810. The van der Waals surface area contributed by atoms with Crippen molar-refractivity contribution in [1.82, 2.24) is 9.78 Å². The van der Waals surface area contributed by atoms with Gasteiger partial charge >= 0.3 is 0 Å². The first-order valence-electron chi connectivity index (χ1n) is 5.83. The summed E-state index contributed by atoms with van der Waals surface area (Å²) >= 11 is 0. The minimum Gasteiger partial charge on any atom is -0.399 e. The van der Waals surface area contributed by atoms with Crippen LogP contribution in [0.2, 0.25) is 0 Å². The van der Waals surface area contributed by atoms with Crippen LogP contribution < -0.4 is 11.1 Å². The third kappa shape index (κ3) is 3.24. The lowest BCUT2D eigenvalue weighted by Crippen LogP contribution is -2.07. The Morgan fingerprint density at radius 1 is 1.41 bits per heavy atom. The Kier molecular flexibility index (Phi) is 3.65. The highest BCUT2D eigenvalue weighted by atomic mass is 15.3. The molecule has 2 rings (SSSR count). The molecule has 4 heteroatoms. The van der Waals surface area contributed by atoms with Gasteiger partial charge in [0.05, 0.1) is 0 Å². The molecule has 4 nitrogen and oxygen atoms in total. The van der Waals surface area contributed by atoms with Crippen LogP contribution in [0, 0.1) is 6.92 Å². The summed E-state index contributed by atoms with van der Waals surface area (Å²) < 4.78 is 1.94. The lowest BCUT2D eigenvalue weighted by Gasteiger charge is -2.10. The normalized spacial score (nSPS) is 10.4. The van der Waals surface area contributed by atoms with Crippen molar-refractivity contribution in [3.63, 3.8) is 0 Å². The molecule has 0 saturated heterocycles. The first-order valence-corrected chi connectivity index (χ1v) is 5.83. The van der Waals surface area contributed by atoms with E-state index in [4.69, 9.17) is 5.73 Å². The zero-order valence-corrected chi connectivity index (χ0v) is 10.1. The van der Waals surface area contributed by atoms with Crippen LogP contribution >= 0.6 is 0 Å². The molecule has 0 radical (unpaired) electrons. The molecule has 3 N–H and O–H groups in total. The number of hydrogen-bond acceptors (Lipinski definition) is 3. The molecule has 1 heterocycles. The quantitative estimate of drug-likeness (QED) is 0.612. The minimum atomic E-state index is 0.810. The largest absolute Gasteiger partial charge is 0.399 e. The van der Waals surface area contributed by atoms with Crippen LogP contribution in [-0.2, 0) is 6.54 Å². The van der Waals surface area contributed by atoms with E-state index >= 15 is 0 Å². The number of nitrogens with one attached hydrogen (secondary N) is 1. The van der Waals surface area contributed by atoms with E-state index < -0.39 is 0 Å². The van der Waals surface area contributed by atoms with Crippen LogP contribution in [-0.4, -0.2) is 16.3 Å². The second kappa shape index (κ2) is 5.39. The molecule has 1 aromatic carbocycles. The third-order valence-corrected chi connectivity index (χ3v) is 2.69. The summed E-state index contributed by atoms with van der Waals surface area (Å²) in [6.45, 7) is 3.94. The van der Waals surface area contributed by atoms with Crippen LogP contribution in [0.25, 0.3) is 0 Å². The average molecular weight is 230 g/mol. The topological polar surface area (TPSA) is 55.9 Å². The molecule has 0 aliphatic heterocycles. The Bertz CT molecular complexity index is 462. The van der Waals surface area contributed by atoms with Crippen LogP contribution in [0.1, 0.15) is 12.0 Å². The van der Waals surface area contributed by atoms with Gasteiger partial charge in [-0.2, -0.15) is 5.10 Å². The van der Waals surface area contributed by atoms with E-state index in [-0.39, 0.29) is 0 Å². The number of hydrogen-bond donors (Lipinski definition) is 2. The van der Waals surface area contributed by atoms with Crippen molar-refractivity contribution >= 4 is 11.4 Å². The van der Waals surface area contributed by atoms with Crippen LogP contribution in [0.15, 0.2) is 36.7 Å². The molecule has 0 atom stereocenters. The molecular weight excluding hydrogens is 212 g/mol. The second-order valence-electron chi connectivity index (χ2n) is 4.12. The molecule has 0 bridgehead atoms. The van der Waals surface area contributed by atoms with Crippen molar-refractivity contribution < 1.29 is 0 Å². The molecule has 0 amide bonds. The fraction of sp³-hybridized carbons (Fsp3) is 0.308. The number of rotatable bonds is 5. The summed E-state index contributed by atoms with van der Waals surface area (Å²) in [5.74, 6) is 0. The third-order valence-electron chi connectivity index (χ3n) is 2.69. The van der Waals surface area contributed by atoms with Gasteiger partial charge in [-0.25, -0.2) is 0 Å². The van der Waals surface area contributed by atoms with Gasteiger partial charge in [0.1, 0.15) is 0 Å². The average Bonchev–Trinajstić information content (AvgIpc) is 2.79. The maximum Gasteiger partial charge on any atom is 0.0489 e. The summed E-state index contributed by atoms with van der Waals surface area (Å²) in [4.78, 5) is 0. The van der Waals surface area contributed by atoms with Crippen molar-refractivity contribution in [2.45, 2.75) is 19.9 Å². The number of anilines is 2. The molecule has 1 aromatic heterocycles. The SMILES string of the molecule is Cc1cc(N)ccc1NCCCn1cccn1. The van der Waals surface area contributed by atoms with Crippen LogP contribution in [0.3, 0.4) is 0 Å². The Morgan fingerprint density at radius 3 is 3.00 bits per heavy atom. The molecule has 0 aliphatic carbocycles. The molecule has 0 fully saturated rings. The fourth-order valence-corrected chi connectivity index (χ4v) is 1.78. The number of nitrogens with two attached hydrogens (primary N) is 1. The number of nitrogen functional groups attached to an aromatic ring is 1. The van der Waals surface area contributed by atoms with Gasteiger partial charge in [0.25, 0.3) is 0 Å². The summed E-state index contributed by atoms with van der Waals surface area (Å²) in [5.41, 5.74) is 8.85. The molecule has 0 saturated carbocycles. The summed E-state index contributed by atoms with van der Waals surface area (Å²) in [6, 6.07) is 7.87. The van der Waals surface area contributed by atoms with Crippen LogP contribution in [0.4, 0.5) is 11.4 Å². The van der Waals surface area contributed by atoms with Gasteiger partial charge in [-0.15, -0.1) is 0 Å². The van der Waals surface area contributed by atoms with Crippen molar-refractivity contribution in [3.05, 3.63) is 42.2 Å². The Balaban J connectivity index is 1.78. The Labute approximate surface area is 101 Å². The van der Waals surface area contributed by atoms with Crippen molar-refractivity contribution in [1.29, 1.82) is 0 Å². The summed E-state index contributed by atoms with van der Waals surface area (Å²) in [7, 11) is 0. The summed E-state index contributed by atoms with van der Waals surface area (Å²) in [6.07, 6.45) is 4.83. The predicted molar refractivity (Wildman–Crippen MR) is 70.9 cm³/mol. The number of aryl methyl sites for hydroxylation is 2. The fourth-order valence-electron chi connectivity index (χ4n) is 1.78. The zero-order chi connectivity index (χ0) is 12.1. The molecule has 90 valence electrons. The smallest absolute Gasteiger partial charge is 0.0489 e. The van der Waals surface area contributed by atoms with Gasteiger partial charge in [0.2, 0.25) is 0 Å². The van der Waals surface area contributed by atoms with Crippen LogP contribution in [0.5, 0.6) is 0 Å². The Morgan fingerprint density at radius 2 is 2.29 bits per heavy atom. The van der Waals surface area contributed by atoms with E-state index in [1.165, 1.54) is 5.56 Å². The lowest BCUT2D eigenvalue weighted by molar-refractivity contribution is 0.592. The first-order chi connectivity index (χ1) is 8.25. The van der Waals surface area contributed by atoms with Gasteiger partial charge in [-0.05, 0) is 43.2 Å². The number of aromatic nitrogens is 2. The van der Waals surface area contributed by atoms with Gasteiger partial charge in [0, 0.05) is 36.9 Å². The van der Waals surface area contributed by atoms with E-state index in [0.29, 0.717) is 0 Å². The summed E-state index contributed by atoms with van der Waals surface area (Å²) in [5, 5.41) is 7.57. The Hall–Kier alpha value is -1.97. The first kappa shape index (κ1) is 11.5. The lowest BCUT2D eigenvalue weighted by atomic mass is 10.2. The van der Waals surface area contributed by atoms with E-state index in [1.807, 2.05) is 35.1 Å². The van der Waals surface area contributed by atoms with Gasteiger partial charge in [-0.3, -0.25) is 4.68 Å². The number of nitrogens with zero attached hydrogens (tertiary/aromatic N) is 2. The van der Waals surface area contributed by atoms with Gasteiger partial charge in [0.15, 0.2) is 0 Å². The van der Waals surface area contributed by atoms with Crippen molar-refractivity contribution in [3.8, 4) is 0 Å². The molecule has 0 unspecified atom stereocenters. The highest BCUT2D eigenvalue weighted by molar-refractivity contribution is 5.57. The predicted octanol–water partition coefficient (Wildman–Crippen LogP) is 2.28. The van der Waals surface area contributed by atoms with E-state index in [9.17, 15) is 0 Å². The zero-order valence-electron chi connectivity index (χ0n) is 10.1. The van der Waals surface area contributed by atoms with Crippen molar-refractivity contribution in [2.75, 3.05) is 17.6 Å². The van der Waals surface area contributed by atoms with E-state index in [2.05, 4.69) is 17.3 Å².